The normalized spacial score (nSPS) is 12.0. The fraction of sp³-hybridized carbons (Fsp3) is 0.0303. The Morgan fingerprint density at radius 2 is 1.41 bits per heavy atom. The highest BCUT2D eigenvalue weighted by Gasteiger charge is 2.27. The summed E-state index contributed by atoms with van der Waals surface area (Å²) in [4.78, 5) is 28.7. The van der Waals surface area contributed by atoms with Crippen LogP contribution in [0.25, 0.3) is 11.1 Å². The monoisotopic (exact) mass is 530 g/mol. The van der Waals surface area contributed by atoms with Gasteiger partial charge in [-0.15, -0.1) is 0 Å². The van der Waals surface area contributed by atoms with Gasteiger partial charge in [0, 0.05) is 16.8 Å². The van der Waals surface area contributed by atoms with Gasteiger partial charge in [-0.1, -0.05) is 90.5 Å². The fourth-order valence-corrected chi connectivity index (χ4v) is 4.98. The second-order valence-electron chi connectivity index (χ2n) is 9.13. The molecule has 5 aromatic rings. The number of rotatable bonds is 4. The summed E-state index contributed by atoms with van der Waals surface area (Å²) in [5.74, 6) is 0.771. The van der Waals surface area contributed by atoms with Crippen LogP contribution in [0.4, 0.5) is 11.4 Å². The quantitative estimate of drug-likeness (QED) is 0.255. The molecule has 6 heteroatoms. The molecular formula is C33H23ClN2O3. The number of hydrogen-bond donors (Lipinski definition) is 1. The fourth-order valence-electron chi connectivity index (χ4n) is 4.72. The molecule has 1 aliphatic rings. The van der Waals surface area contributed by atoms with E-state index >= 15 is 0 Å². The van der Waals surface area contributed by atoms with Gasteiger partial charge in [0.05, 0.1) is 22.8 Å². The van der Waals surface area contributed by atoms with E-state index in [0.717, 1.165) is 16.7 Å². The van der Waals surface area contributed by atoms with Crippen molar-refractivity contribution in [3.05, 3.63) is 143 Å². The molecule has 0 unspecified atom stereocenters. The van der Waals surface area contributed by atoms with Crippen molar-refractivity contribution in [3.63, 3.8) is 0 Å². The Morgan fingerprint density at radius 3 is 2.23 bits per heavy atom. The molecule has 190 valence electrons. The molecule has 5 nitrogen and oxygen atoms in total. The highest BCUT2D eigenvalue weighted by atomic mass is 35.5. The summed E-state index contributed by atoms with van der Waals surface area (Å²) in [7, 11) is 0. The molecule has 0 fully saturated rings. The van der Waals surface area contributed by atoms with Crippen molar-refractivity contribution >= 4 is 34.8 Å². The molecule has 0 atom stereocenters. The van der Waals surface area contributed by atoms with Gasteiger partial charge in [-0.25, -0.2) is 0 Å². The lowest BCUT2D eigenvalue weighted by molar-refractivity contribution is 0.0984. The maximum Gasteiger partial charge on any atom is 0.260 e. The van der Waals surface area contributed by atoms with E-state index in [0.29, 0.717) is 40.5 Å². The van der Waals surface area contributed by atoms with Crippen molar-refractivity contribution in [1.29, 1.82) is 0 Å². The largest absolute Gasteiger partial charge is 0.455 e. The van der Waals surface area contributed by atoms with Gasteiger partial charge in [-0.05, 0) is 53.6 Å². The number of amides is 2. The van der Waals surface area contributed by atoms with Crippen molar-refractivity contribution in [1.82, 2.24) is 0 Å². The SMILES string of the molecule is O=C(Nc1ccc(C(=O)N2Cc3ccccc3Oc3ccccc32)c(Cl)c1)c1ccccc1-c1ccccc1. The lowest BCUT2D eigenvalue weighted by Gasteiger charge is -2.23. The second-order valence-corrected chi connectivity index (χ2v) is 9.54. The Balaban J connectivity index is 1.28. The lowest BCUT2D eigenvalue weighted by atomic mass is 9.99. The van der Waals surface area contributed by atoms with E-state index in [-0.39, 0.29) is 16.8 Å². The summed E-state index contributed by atoms with van der Waals surface area (Å²) < 4.78 is 6.12. The maximum atomic E-state index is 13.8. The van der Waals surface area contributed by atoms with Gasteiger partial charge in [-0.3, -0.25) is 9.59 Å². The number of nitrogens with one attached hydrogen (secondary N) is 1. The molecule has 0 radical (unpaired) electrons. The number of hydrogen-bond acceptors (Lipinski definition) is 3. The van der Waals surface area contributed by atoms with Crippen LogP contribution in [0.5, 0.6) is 11.5 Å². The predicted molar refractivity (Wildman–Crippen MR) is 155 cm³/mol. The summed E-state index contributed by atoms with van der Waals surface area (Å²) >= 11 is 6.64. The second kappa shape index (κ2) is 10.5. The number of carbonyl (C=O) groups excluding carboxylic acids is 2. The Labute approximate surface area is 231 Å². The zero-order valence-corrected chi connectivity index (χ0v) is 21.6. The van der Waals surface area contributed by atoms with Gasteiger partial charge in [-0.2, -0.15) is 0 Å². The third kappa shape index (κ3) is 4.88. The van der Waals surface area contributed by atoms with Crippen LogP contribution in [0.2, 0.25) is 5.02 Å². The van der Waals surface area contributed by atoms with E-state index < -0.39 is 0 Å². The van der Waals surface area contributed by atoms with Gasteiger partial charge < -0.3 is 15.0 Å². The van der Waals surface area contributed by atoms with Crippen molar-refractivity contribution in [3.8, 4) is 22.6 Å². The number of para-hydroxylation sites is 3. The van der Waals surface area contributed by atoms with Crippen LogP contribution in [-0.2, 0) is 6.54 Å². The number of fused-ring (bicyclic) bond motifs is 2. The van der Waals surface area contributed by atoms with Gasteiger partial charge in [0.2, 0.25) is 0 Å². The molecule has 0 saturated heterocycles. The highest BCUT2D eigenvalue weighted by Crippen LogP contribution is 2.40. The first-order valence-electron chi connectivity index (χ1n) is 12.5. The van der Waals surface area contributed by atoms with Crippen LogP contribution >= 0.6 is 11.6 Å². The van der Waals surface area contributed by atoms with Gasteiger partial charge in [0.15, 0.2) is 5.75 Å². The van der Waals surface area contributed by atoms with E-state index in [4.69, 9.17) is 16.3 Å². The highest BCUT2D eigenvalue weighted by molar-refractivity contribution is 6.35. The molecule has 0 bridgehead atoms. The summed E-state index contributed by atoms with van der Waals surface area (Å²) in [5, 5.41) is 3.17. The molecule has 6 rings (SSSR count). The van der Waals surface area contributed by atoms with Gasteiger partial charge >= 0.3 is 0 Å². The van der Waals surface area contributed by atoms with Crippen molar-refractivity contribution in [2.24, 2.45) is 0 Å². The van der Waals surface area contributed by atoms with Crippen LogP contribution in [-0.4, -0.2) is 11.8 Å². The molecule has 1 heterocycles. The van der Waals surface area contributed by atoms with Gasteiger partial charge in [0.1, 0.15) is 5.75 Å². The molecule has 0 aliphatic carbocycles. The lowest BCUT2D eigenvalue weighted by Crippen LogP contribution is -2.30. The Morgan fingerprint density at radius 1 is 0.718 bits per heavy atom. The molecular weight excluding hydrogens is 508 g/mol. The third-order valence-electron chi connectivity index (χ3n) is 6.64. The smallest absolute Gasteiger partial charge is 0.260 e. The van der Waals surface area contributed by atoms with Crippen LogP contribution < -0.4 is 15.0 Å². The minimum absolute atomic E-state index is 0.241. The molecule has 0 saturated carbocycles. The average Bonchev–Trinajstić information content (AvgIpc) is 3.14. The summed E-state index contributed by atoms with van der Waals surface area (Å²) in [5.41, 5.74) is 4.69. The van der Waals surface area contributed by atoms with E-state index in [2.05, 4.69) is 5.32 Å². The molecule has 5 aromatic carbocycles. The zero-order chi connectivity index (χ0) is 26.8. The average molecular weight is 531 g/mol. The standard InChI is InChI=1S/C33H23ClN2O3/c34-28-20-24(35-32(37)26-14-6-5-13-25(26)22-10-2-1-3-11-22)18-19-27(28)33(38)36-21-23-12-4-8-16-30(23)39-31-17-9-7-15-29(31)36/h1-20H,21H2,(H,35,37). The van der Waals surface area contributed by atoms with Crippen LogP contribution in [0, 0.1) is 0 Å². The minimum Gasteiger partial charge on any atom is -0.455 e. The maximum absolute atomic E-state index is 13.8. The van der Waals surface area contributed by atoms with Crippen LogP contribution in [0.3, 0.4) is 0 Å². The summed E-state index contributed by atoms with van der Waals surface area (Å²) in [6.07, 6.45) is 0. The number of benzene rings is 5. The first-order chi connectivity index (χ1) is 19.1. The minimum atomic E-state index is -0.264. The first-order valence-corrected chi connectivity index (χ1v) is 12.9. The van der Waals surface area contributed by atoms with Crippen molar-refractivity contribution < 1.29 is 14.3 Å². The Hall–Kier alpha value is -4.87. The molecule has 0 spiro atoms. The molecule has 1 N–H and O–H groups in total. The van der Waals surface area contributed by atoms with Crippen molar-refractivity contribution in [2.75, 3.05) is 10.2 Å². The Bertz CT molecular complexity index is 1700. The molecule has 1 aliphatic heterocycles. The molecule has 2 amide bonds. The predicted octanol–water partition coefficient (Wildman–Crippen LogP) is 8.21. The topological polar surface area (TPSA) is 58.6 Å². The Kier molecular flexibility index (Phi) is 6.57. The molecule has 39 heavy (non-hydrogen) atoms. The van der Waals surface area contributed by atoms with Crippen LogP contribution in [0.1, 0.15) is 26.3 Å². The number of anilines is 2. The van der Waals surface area contributed by atoms with Crippen molar-refractivity contribution in [2.45, 2.75) is 6.54 Å². The zero-order valence-electron chi connectivity index (χ0n) is 20.8. The van der Waals surface area contributed by atoms with E-state index in [9.17, 15) is 9.59 Å². The van der Waals surface area contributed by atoms with E-state index in [1.54, 1.807) is 29.2 Å². The third-order valence-corrected chi connectivity index (χ3v) is 6.95. The van der Waals surface area contributed by atoms with E-state index in [1.807, 2.05) is 97.1 Å². The number of halogens is 1. The molecule has 0 aromatic heterocycles. The first kappa shape index (κ1) is 24.5. The number of carbonyl (C=O) groups is 2. The van der Waals surface area contributed by atoms with E-state index in [1.165, 1.54) is 0 Å². The number of nitrogens with zero attached hydrogens (tertiary/aromatic N) is 1. The van der Waals surface area contributed by atoms with Gasteiger partial charge in [0.25, 0.3) is 11.8 Å². The summed E-state index contributed by atoms with van der Waals surface area (Å²) in [6, 6.07) is 37.2. The van der Waals surface area contributed by atoms with Crippen LogP contribution in [0.15, 0.2) is 121 Å². The summed E-state index contributed by atoms with van der Waals surface area (Å²) in [6.45, 7) is 0.330. The number of ether oxygens (including phenoxy) is 1.